The first kappa shape index (κ1) is 25.4. The second-order valence-corrected chi connectivity index (χ2v) is 12.3. The van der Waals surface area contributed by atoms with Crippen LogP contribution in [0.25, 0.3) is 104 Å². The quantitative estimate of drug-likeness (QED) is 0.183. The van der Waals surface area contributed by atoms with Gasteiger partial charge in [0, 0.05) is 49.3 Å². The van der Waals surface area contributed by atoms with Gasteiger partial charge in [0.1, 0.15) is 0 Å². The van der Waals surface area contributed by atoms with Crippen molar-refractivity contribution >= 4 is 87.4 Å². The maximum atomic E-state index is 7.47. The van der Waals surface area contributed by atoms with Gasteiger partial charge in [-0.1, -0.05) is 97.1 Å². The first-order valence-electron chi connectivity index (χ1n) is 15.9. The summed E-state index contributed by atoms with van der Waals surface area (Å²) in [5.41, 5.74) is 8.61. The molecule has 5 aromatic heterocycles. The van der Waals surface area contributed by atoms with Crippen LogP contribution in [0.3, 0.4) is 0 Å². The Kier molecular flexibility index (Phi) is 4.82. The minimum absolute atomic E-state index is 0.560. The molecule has 0 aliphatic rings. The second kappa shape index (κ2) is 9.12. The summed E-state index contributed by atoms with van der Waals surface area (Å²) in [7, 11) is 0. The standard InChI is InChI=1S/C42H22N6/c1-43-26-19-16-25(17-20-26)37-31-13-8-22-44-41(31)46-42(45-37)48-38-27-10-3-2-9-24(27)18-21-29(38)33-23-32-28-11-4-6-14-34(28)47-35-15-7-5-12-30(35)36(39(32)47)40(33)48/h2-23H. The minimum atomic E-state index is 0.560. The van der Waals surface area contributed by atoms with Gasteiger partial charge in [-0.3, -0.25) is 4.57 Å². The highest BCUT2D eigenvalue weighted by Crippen LogP contribution is 2.47. The molecular weight excluding hydrogens is 589 g/mol. The van der Waals surface area contributed by atoms with Gasteiger partial charge in [0.25, 0.3) is 0 Å². The van der Waals surface area contributed by atoms with Crippen LogP contribution in [0, 0.1) is 6.57 Å². The number of aromatic nitrogens is 5. The highest BCUT2D eigenvalue weighted by atomic mass is 15.2. The normalized spacial score (nSPS) is 12.1. The van der Waals surface area contributed by atoms with Gasteiger partial charge < -0.3 is 4.40 Å². The van der Waals surface area contributed by atoms with Crippen molar-refractivity contribution in [3.05, 3.63) is 145 Å². The molecule has 0 saturated carbocycles. The zero-order chi connectivity index (χ0) is 31.5. The Bertz CT molecular complexity index is 3180. The van der Waals surface area contributed by atoms with Crippen molar-refractivity contribution in [2.75, 3.05) is 0 Å². The van der Waals surface area contributed by atoms with Crippen LogP contribution in [-0.2, 0) is 0 Å². The molecule has 0 saturated heterocycles. The van der Waals surface area contributed by atoms with Gasteiger partial charge in [-0.25, -0.2) is 14.8 Å². The zero-order valence-electron chi connectivity index (χ0n) is 25.4. The Labute approximate surface area is 272 Å². The summed E-state index contributed by atoms with van der Waals surface area (Å²) in [6.45, 7) is 7.47. The van der Waals surface area contributed by atoms with Crippen molar-refractivity contribution in [2.24, 2.45) is 0 Å². The van der Waals surface area contributed by atoms with Crippen LogP contribution in [0.15, 0.2) is 134 Å². The monoisotopic (exact) mass is 610 g/mol. The molecule has 0 radical (unpaired) electrons. The molecule has 0 amide bonds. The molecule has 6 heteroatoms. The van der Waals surface area contributed by atoms with Gasteiger partial charge in [0.15, 0.2) is 11.3 Å². The fraction of sp³-hybridized carbons (Fsp3) is 0. The topological polar surface area (TPSA) is 52.4 Å². The summed E-state index contributed by atoms with van der Waals surface area (Å²) >= 11 is 0. The fourth-order valence-electron chi connectivity index (χ4n) is 7.93. The molecule has 0 unspecified atom stereocenters. The van der Waals surface area contributed by atoms with E-state index in [0.29, 0.717) is 17.3 Å². The Balaban J connectivity index is 1.40. The number of hydrogen-bond acceptors (Lipinski definition) is 3. The van der Waals surface area contributed by atoms with Crippen LogP contribution in [0.2, 0.25) is 0 Å². The summed E-state index contributed by atoms with van der Waals surface area (Å²) in [6.07, 6.45) is 1.78. The first-order valence-corrected chi connectivity index (χ1v) is 15.9. The molecule has 6 nitrogen and oxygen atoms in total. The molecule has 11 rings (SSSR count). The van der Waals surface area contributed by atoms with E-state index < -0.39 is 0 Å². The molecule has 0 aliphatic carbocycles. The van der Waals surface area contributed by atoms with E-state index in [1.54, 1.807) is 6.20 Å². The molecule has 48 heavy (non-hydrogen) atoms. The first-order chi connectivity index (χ1) is 23.8. The van der Waals surface area contributed by atoms with Crippen LogP contribution in [0.4, 0.5) is 5.69 Å². The van der Waals surface area contributed by atoms with Crippen molar-refractivity contribution in [1.29, 1.82) is 0 Å². The Morgan fingerprint density at radius 3 is 2.08 bits per heavy atom. The SMILES string of the molecule is [C-]#[N+]c1ccc(-c2nc(-n3c4c5ccccc5ccc4c4cc5c6ccccc6n6c7ccccc7c(c43)c56)nc3ncccc23)cc1. The molecule has 11 aromatic rings. The van der Waals surface area contributed by atoms with E-state index in [9.17, 15) is 0 Å². The predicted molar refractivity (Wildman–Crippen MR) is 196 cm³/mol. The number of rotatable bonds is 2. The molecule has 0 spiro atoms. The average Bonchev–Trinajstić information content (AvgIpc) is 3.79. The number of benzene rings is 6. The summed E-state index contributed by atoms with van der Waals surface area (Å²) in [5.74, 6) is 0.560. The highest BCUT2D eigenvalue weighted by molar-refractivity contribution is 6.35. The third-order valence-corrected chi connectivity index (χ3v) is 9.91. The van der Waals surface area contributed by atoms with Crippen LogP contribution in [0.5, 0.6) is 0 Å². The predicted octanol–water partition coefficient (Wildman–Crippen LogP) is 10.6. The number of nitrogens with zero attached hydrogens (tertiary/aromatic N) is 6. The summed E-state index contributed by atoms with van der Waals surface area (Å²) in [6, 6.07) is 44.3. The maximum absolute atomic E-state index is 7.47. The lowest BCUT2D eigenvalue weighted by Gasteiger charge is -2.13. The van der Waals surface area contributed by atoms with E-state index in [2.05, 4.69) is 105 Å². The van der Waals surface area contributed by atoms with E-state index in [1.807, 2.05) is 36.4 Å². The van der Waals surface area contributed by atoms with Crippen LogP contribution >= 0.6 is 0 Å². The average molecular weight is 611 g/mol. The molecule has 0 atom stereocenters. The van der Waals surface area contributed by atoms with Crippen molar-refractivity contribution < 1.29 is 0 Å². The second-order valence-electron chi connectivity index (χ2n) is 12.3. The molecule has 220 valence electrons. The van der Waals surface area contributed by atoms with E-state index in [0.717, 1.165) is 49.2 Å². The van der Waals surface area contributed by atoms with Crippen molar-refractivity contribution in [3.8, 4) is 17.2 Å². The van der Waals surface area contributed by atoms with Crippen molar-refractivity contribution in [3.63, 3.8) is 0 Å². The van der Waals surface area contributed by atoms with Gasteiger partial charge in [-0.2, -0.15) is 4.98 Å². The van der Waals surface area contributed by atoms with E-state index in [4.69, 9.17) is 21.5 Å². The zero-order valence-corrected chi connectivity index (χ0v) is 25.4. The summed E-state index contributed by atoms with van der Waals surface area (Å²) < 4.78 is 4.69. The van der Waals surface area contributed by atoms with Crippen LogP contribution < -0.4 is 0 Å². The van der Waals surface area contributed by atoms with Gasteiger partial charge >= 0.3 is 0 Å². The van der Waals surface area contributed by atoms with Crippen molar-refractivity contribution in [1.82, 2.24) is 23.9 Å². The maximum Gasteiger partial charge on any atom is 0.237 e. The molecular formula is C42H22N6. The van der Waals surface area contributed by atoms with Gasteiger partial charge in [0.05, 0.1) is 39.8 Å². The molecule has 0 bridgehead atoms. The number of pyridine rings is 1. The van der Waals surface area contributed by atoms with Crippen LogP contribution in [0.1, 0.15) is 0 Å². The Morgan fingerprint density at radius 1 is 0.542 bits per heavy atom. The largest absolute Gasteiger partial charge is 0.308 e. The molecule has 0 N–H and O–H groups in total. The molecule has 6 aromatic carbocycles. The minimum Gasteiger partial charge on any atom is -0.308 e. The van der Waals surface area contributed by atoms with Crippen LogP contribution in [-0.4, -0.2) is 23.9 Å². The molecule has 0 fully saturated rings. The lowest BCUT2D eigenvalue weighted by atomic mass is 10.0. The highest BCUT2D eigenvalue weighted by Gasteiger charge is 2.26. The van der Waals surface area contributed by atoms with Gasteiger partial charge in [-0.15, -0.1) is 0 Å². The Morgan fingerprint density at radius 2 is 1.25 bits per heavy atom. The third kappa shape index (κ3) is 3.17. The Hall–Kier alpha value is -6.84. The number of hydrogen-bond donors (Lipinski definition) is 0. The lowest BCUT2D eigenvalue weighted by Crippen LogP contribution is -2.04. The number of fused-ring (bicyclic) bond motifs is 13. The van der Waals surface area contributed by atoms with E-state index in [1.165, 1.54) is 38.1 Å². The van der Waals surface area contributed by atoms with E-state index in [-0.39, 0.29) is 0 Å². The summed E-state index contributed by atoms with van der Waals surface area (Å²) in [4.78, 5) is 18.9. The smallest absolute Gasteiger partial charge is 0.237 e. The van der Waals surface area contributed by atoms with Gasteiger partial charge in [-0.05, 0) is 41.3 Å². The van der Waals surface area contributed by atoms with E-state index >= 15 is 0 Å². The molecule has 5 heterocycles. The van der Waals surface area contributed by atoms with Gasteiger partial charge in [0.2, 0.25) is 5.95 Å². The molecule has 0 aliphatic heterocycles. The summed E-state index contributed by atoms with van der Waals surface area (Å²) in [5, 5.41) is 10.3. The van der Waals surface area contributed by atoms with Crippen molar-refractivity contribution in [2.45, 2.75) is 0 Å². The lowest BCUT2D eigenvalue weighted by molar-refractivity contribution is 1.01. The third-order valence-electron chi connectivity index (χ3n) is 9.91. The number of para-hydroxylation sites is 2. The fourth-order valence-corrected chi connectivity index (χ4v) is 7.93.